The normalized spacial score (nSPS) is 14.7. The summed E-state index contributed by atoms with van der Waals surface area (Å²) >= 11 is 8.63. The maximum Gasteiger partial charge on any atom is 0.261 e. The molecule has 0 saturated heterocycles. The highest BCUT2D eigenvalue weighted by molar-refractivity contribution is 9.10. The smallest absolute Gasteiger partial charge is 0.261 e. The molecule has 1 fully saturated rings. The minimum Gasteiger partial charge on any atom is -0.490 e. The first-order valence-corrected chi connectivity index (χ1v) is 13.5. The number of benzene rings is 2. The van der Waals surface area contributed by atoms with Crippen LogP contribution in [0.2, 0.25) is 0 Å². The molecule has 1 aliphatic rings. The fourth-order valence-electron chi connectivity index (χ4n) is 3.59. The Kier molecular flexibility index (Phi) is 8.86. The molecule has 2 aromatic carbocycles. The van der Waals surface area contributed by atoms with Crippen molar-refractivity contribution in [3.63, 3.8) is 0 Å². The number of anilines is 1. The lowest BCUT2D eigenvalue weighted by atomic mass is 9.96. The van der Waals surface area contributed by atoms with E-state index in [1.165, 1.54) is 12.1 Å². The highest BCUT2D eigenvalue weighted by atomic mass is 79.9. The molecule has 33 heavy (non-hydrogen) atoms. The van der Waals surface area contributed by atoms with Gasteiger partial charge in [0.05, 0.1) is 16.6 Å². The fraction of sp³-hybridized carbons (Fsp3) is 0.391. The second-order valence-electron chi connectivity index (χ2n) is 8.20. The van der Waals surface area contributed by atoms with E-state index in [1.807, 2.05) is 13.8 Å². The van der Waals surface area contributed by atoms with E-state index in [2.05, 4.69) is 31.3 Å². The number of thiocarbonyl (C=S) groups is 1. The summed E-state index contributed by atoms with van der Waals surface area (Å²) in [6, 6.07) is 11.4. The van der Waals surface area contributed by atoms with E-state index in [-0.39, 0.29) is 22.2 Å². The molecule has 0 aliphatic heterocycles. The third-order valence-corrected chi connectivity index (χ3v) is 7.36. The maximum absolute atomic E-state index is 12.7. The van der Waals surface area contributed by atoms with Crippen molar-refractivity contribution in [2.75, 3.05) is 5.32 Å². The second kappa shape index (κ2) is 11.4. The minimum atomic E-state index is -3.58. The number of amides is 1. The molecule has 0 radical (unpaired) electrons. The number of ether oxygens (including phenoxy) is 1. The quantitative estimate of drug-likeness (QED) is 0.418. The monoisotopic (exact) mass is 553 g/mol. The molecule has 0 aromatic heterocycles. The van der Waals surface area contributed by atoms with Gasteiger partial charge in [-0.3, -0.25) is 10.1 Å². The van der Waals surface area contributed by atoms with Crippen molar-refractivity contribution < 1.29 is 17.9 Å². The number of carbonyl (C=O) groups excluding carboxylic acids is 1. The first kappa shape index (κ1) is 25.6. The van der Waals surface area contributed by atoms with Crippen LogP contribution in [0.25, 0.3) is 0 Å². The van der Waals surface area contributed by atoms with E-state index in [4.69, 9.17) is 17.0 Å². The van der Waals surface area contributed by atoms with E-state index in [0.29, 0.717) is 17.0 Å². The molecule has 0 atom stereocenters. The minimum absolute atomic E-state index is 0.00747. The Morgan fingerprint density at radius 3 is 2.39 bits per heavy atom. The highest BCUT2D eigenvalue weighted by Gasteiger charge is 2.22. The standard InChI is InChI=1S/C23H28BrN3O4S2/c1-15(2)31-21-13-8-16(24)14-20(21)22(28)26-23(32)25-17-9-11-19(12-10-17)33(29,30)27-18-6-4-3-5-7-18/h8-15,18,27H,3-7H2,1-2H3,(H2,25,26,28,32). The van der Waals surface area contributed by atoms with E-state index >= 15 is 0 Å². The van der Waals surface area contributed by atoms with Crippen LogP contribution < -0.4 is 20.1 Å². The van der Waals surface area contributed by atoms with Crippen molar-refractivity contribution in [2.45, 2.75) is 63.0 Å². The molecule has 0 unspecified atom stereocenters. The summed E-state index contributed by atoms with van der Waals surface area (Å²) in [6.45, 7) is 3.76. The summed E-state index contributed by atoms with van der Waals surface area (Å²) in [5, 5.41) is 5.63. The molecule has 10 heteroatoms. The fourth-order valence-corrected chi connectivity index (χ4v) is 5.47. The lowest BCUT2D eigenvalue weighted by Gasteiger charge is -2.22. The van der Waals surface area contributed by atoms with Crippen LogP contribution in [0.3, 0.4) is 0 Å². The summed E-state index contributed by atoms with van der Waals surface area (Å²) in [4.78, 5) is 12.9. The summed E-state index contributed by atoms with van der Waals surface area (Å²) in [6.07, 6.45) is 4.89. The Hall–Kier alpha value is -2.01. The zero-order chi connectivity index (χ0) is 24.0. The summed E-state index contributed by atoms with van der Waals surface area (Å²) < 4.78 is 34.5. The zero-order valence-electron chi connectivity index (χ0n) is 18.6. The average Bonchev–Trinajstić information content (AvgIpc) is 2.75. The maximum atomic E-state index is 12.7. The zero-order valence-corrected chi connectivity index (χ0v) is 21.8. The molecule has 0 spiro atoms. The molecule has 1 saturated carbocycles. The third kappa shape index (κ3) is 7.49. The van der Waals surface area contributed by atoms with Gasteiger partial charge in [0, 0.05) is 16.2 Å². The molecule has 178 valence electrons. The third-order valence-electron chi connectivity index (χ3n) is 5.13. The van der Waals surface area contributed by atoms with Gasteiger partial charge in [-0.2, -0.15) is 0 Å². The Labute approximate surface area is 208 Å². The van der Waals surface area contributed by atoms with Crippen LogP contribution in [0.4, 0.5) is 5.69 Å². The van der Waals surface area contributed by atoms with E-state index in [1.54, 1.807) is 30.3 Å². The van der Waals surface area contributed by atoms with E-state index in [0.717, 1.165) is 36.6 Å². The Balaban J connectivity index is 1.62. The summed E-state index contributed by atoms with van der Waals surface area (Å²) in [5.74, 6) is 0.0360. The lowest BCUT2D eigenvalue weighted by Crippen LogP contribution is -2.36. The molecule has 1 aliphatic carbocycles. The second-order valence-corrected chi connectivity index (χ2v) is 11.2. The molecule has 1 amide bonds. The largest absolute Gasteiger partial charge is 0.490 e. The van der Waals surface area contributed by atoms with Gasteiger partial charge >= 0.3 is 0 Å². The summed E-state index contributed by atoms with van der Waals surface area (Å²) in [5.41, 5.74) is 0.905. The van der Waals surface area contributed by atoms with Gasteiger partial charge < -0.3 is 10.1 Å². The van der Waals surface area contributed by atoms with E-state index < -0.39 is 15.9 Å². The molecular formula is C23H28BrN3O4S2. The van der Waals surface area contributed by atoms with Crippen LogP contribution in [0, 0.1) is 0 Å². The summed E-state index contributed by atoms with van der Waals surface area (Å²) in [7, 11) is -3.58. The van der Waals surface area contributed by atoms with Crippen LogP contribution >= 0.6 is 28.1 Å². The van der Waals surface area contributed by atoms with E-state index in [9.17, 15) is 13.2 Å². The van der Waals surface area contributed by atoms with Gasteiger partial charge in [-0.15, -0.1) is 0 Å². The number of carbonyl (C=O) groups is 1. The molecule has 7 nitrogen and oxygen atoms in total. The molecular weight excluding hydrogens is 526 g/mol. The molecule has 0 bridgehead atoms. The van der Waals surface area contributed by atoms with Crippen LogP contribution in [0.15, 0.2) is 51.8 Å². The number of halogens is 1. The van der Waals surface area contributed by atoms with Crippen LogP contribution in [-0.2, 0) is 10.0 Å². The SMILES string of the molecule is CC(C)Oc1ccc(Br)cc1C(=O)NC(=S)Nc1ccc(S(=O)(=O)NC2CCCCC2)cc1. The van der Waals surface area contributed by atoms with Gasteiger partial charge in [-0.1, -0.05) is 35.2 Å². The molecule has 2 aromatic rings. The van der Waals surface area contributed by atoms with Crippen LogP contribution in [-0.4, -0.2) is 31.6 Å². The van der Waals surface area contributed by atoms with Crippen molar-refractivity contribution in [3.05, 3.63) is 52.5 Å². The number of hydrogen-bond donors (Lipinski definition) is 3. The predicted octanol–water partition coefficient (Wildman–Crippen LogP) is 4.97. The topological polar surface area (TPSA) is 96.5 Å². The van der Waals surface area contributed by atoms with Gasteiger partial charge in [0.15, 0.2) is 5.11 Å². The van der Waals surface area contributed by atoms with Gasteiger partial charge in [0.2, 0.25) is 10.0 Å². The molecule has 3 rings (SSSR count). The Morgan fingerprint density at radius 2 is 1.76 bits per heavy atom. The van der Waals surface area contributed by atoms with Crippen LogP contribution in [0.5, 0.6) is 5.75 Å². The number of sulfonamides is 1. The van der Waals surface area contributed by atoms with Crippen molar-refractivity contribution in [3.8, 4) is 5.75 Å². The van der Waals surface area contributed by atoms with Crippen molar-refractivity contribution in [2.24, 2.45) is 0 Å². The predicted molar refractivity (Wildman–Crippen MR) is 137 cm³/mol. The number of nitrogens with one attached hydrogen (secondary N) is 3. The van der Waals surface area contributed by atoms with Crippen LogP contribution in [0.1, 0.15) is 56.3 Å². The Morgan fingerprint density at radius 1 is 1.09 bits per heavy atom. The van der Waals surface area contributed by atoms with Crippen molar-refractivity contribution in [1.29, 1.82) is 0 Å². The lowest BCUT2D eigenvalue weighted by molar-refractivity contribution is 0.0972. The number of hydrogen-bond acceptors (Lipinski definition) is 5. The van der Waals surface area contributed by atoms with Gasteiger partial charge in [0.25, 0.3) is 5.91 Å². The molecule has 0 heterocycles. The molecule has 3 N–H and O–H groups in total. The van der Waals surface area contributed by atoms with Gasteiger partial charge in [-0.25, -0.2) is 13.1 Å². The average molecular weight is 555 g/mol. The van der Waals surface area contributed by atoms with Crippen molar-refractivity contribution >= 4 is 54.9 Å². The highest BCUT2D eigenvalue weighted by Crippen LogP contribution is 2.25. The Bertz CT molecular complexity index is 1100. The first-order valence-electron chi connectivity index (χ1n) is 10.8. The van der Waals surface area contributed by atoms with Crippen molar-refractivity contribution in [1.82, 2.24) is 10.0 Å². The first-order chi connectivity index (χ1) is 15.6. The van der Waals surface area contributed by atoms with Gasteiger partial charge in [-0.05, 0) is 81.4 Å². The number of rotatable bonds is 7. The van der Waals surface area contributed by atoms with Gasteiger partial charge in [0.1, 0.15) is 5.75 Å².